The maximum Gasteiger partial charge on any atom is 0.234 e. The van der Waals surface area contributed by atoms with Crippen molar-refractivity contribution in [1.29, 1.82) is 0 Å². The van der Waals surface area contributed by atoms with Gasteiger partial charge in [0.15, 0.2) is 0 Å². The average Bonchev–Trinajstić information content (AvgIpc) is 3.26. The Morgan fingerprint density at radius 2 is 1.68 bits per heavy atom. The SMILES string of the molecule is OCc1cc(-c2cnc3nc(-c4ccc(C5CCC5)cc4)c(-c4ccccc4)cn23)ccc1F. The van der Waals surface area contributed by atoms with Gasteiger partial charge in [0.25, 0.3) is 0 Å². The van der Waals surface area contributed by atoms with E-state index in [-0.39, 0.29) is 12.2 Å². The Balaban J connectivity index is 1.51. The summed E-state index contributed by atoms with van der Waals surface area (Å²) in [6.45, 7) is -0.356. The monoisotopic (exact) mass is 449 g/mol. The van der Waals surface area contributed by atoms with E-state index < -0.39 is 5.82 Å². The molecule has 1 fully saturated rings. The molecule has 1 aliphatic rings. The van der Waals surface area contributed by atoms with Gasteiger partial charge >= 0.3 is 0 Å². The van der Waals surface area contributed by atoms with Gasteiger partial charge in [0, 0.05) is 28.5 Å². The number of rotatable bonds is 5. The fourth-order valence-corrected chi connectivity index (χ4v) is 4.68. The molecule has 1 saturated carbocycles. The second kappa shape index (κ2) is 8.50. The molecular weight excluding hydrogens is 425 g/mol. The Bertz CT molecular complexity index is 1470. The van der Waals surface area contributed by atoms with E-state index in [1.807, 2.05) is 22.6 Å². The number of aliphatic hydroxyl groups excluding tert-OH is 1. The van der Waals surface area contributed by atoms with E-state index >= 15 is 0 Å². The molecule has 34 heavy (non-hydrogen) atoms. The maximum absolute atomic E-state index is 14.0. The van der Waals surface area contributed by atoms with Crippen LogP contribution in [0.4, 0.5) is 4.39 Å². The zero-order valence-electron chi connectivity index (χ0n) is 18.7. The highest BCUT2D eigenvalue weighted by Crippen LogP contribution is 2.38. The van der Waals surface area contributed by atoms with Crippen LogP contribution in [0.15, 0.2) is 85.2 Å². The molecular formula is C29H24FN3O. The fourth-order valence-electron chi connectivity index (χ4n) is 4.68. The van der Waals surface area contributed by atoms with E-state index in [2.05, 4.69) is 47.6 Å². The zero-order valence-corrected chi connectivity index (χ0v) is 18.7. The number of aromatic nitrogens is 3. The second-order valence-electron chi connectivity index (χ2n) is 8.90. The van der Waals surface area contributed by atoms with Crippen molar-refractivity contribution >= 4 is 5.78 Å². The van der Waals surface area contributed by atoms with Gasteiger partial charge in [-0.3, -0.25) is 4.40 Å². The van der Waals surface area contributed by atoms with Crippen LogP contribution in [0.2, 0.25) is 0 Å². The number of hydrogen-bond donors (Lipinski definition) is 1. The summed E-state index contributed by atoms with van der Waals surface area (Å²) in [5.74, 6) is 0.839. The summed E-state index contributed by atoms with van der Waals surface area (Å²) >= 11 is 0. The zero-order chi connectivity index (χ0) is 23.1. The minimum absolute atomic E-state index is 0.256. The molecule has 5 heteroatoms. The quantitative estimate of drug-likeness (QED) is 0.328. The summed E-state index contributed by atoms with van der Waals surface area (Å²) in [6.07, 6.45) is 7.67. The Morgan fingerprint density at radius 1 is 0.912 bits per heavy atom. The topological polar surface area (TPSA) is 50.4 Å². The van der Waals surface area contributed by atoms with E-state index in [0.717, 1.165) is 33.6 Å². The van der Waals surface area contributed by atoms with Crippen LogP contribution in [0.1, 0.15) is 36.3 Å². The molecule has 0 saturated heterocycles. The predicted octanol–water partition coefficient (Wildman–Crippen LogP) is 6.63. The van der Waals surface area contributed by atoms with Gasteiger partial charge in [-0.15, -0.1) is 0 Å². The lowest BCUT2D eigenvalue weighted by molar-refractivity contribution is 0.276. The number of hydrogen-bond acceptors (Lipinski definition) is 3. The normalized spacial score (nSPS) is 13.8. The fraction of sp³-hybridized carbons (Fsp3) is 0.172. The molecule has 0 aliphatic heterocycles. The highest BCUT2D eigenvalue weighted by molar-refractivity contribution is 5.82. The van der Waals surface area contributed by atoms with Crippen molar-refractivity contribution in [1.82, 2.24) is 14.4 Å². The van der Waals surface area contributed by atoms with Crippen LogP contribution >= 0.6 is 0 Å². The first-order valence-electron chi connectivity index (χ1n) is 11.6. The molecule has 1 N–H and O–H groups in total. The smallest absolute Gasteiger partial charge is 0.234 e. The van der Waals surface area contributed by atoms with E-state index in [9.17, 15) is 9.50 Å². The van der Waals surface area contributed by atoms with Crippen LogP contribution in [0.25, 0.3) is 39.4 Å². The van der Waals surface area contributed by atoms with Crippen LogP contribution in [0, 0.1) is 5.82 Å². The standard InChI is InChI=1S/C29H24FN3O/c30-26-14-13-23(15-24(26)18-34)27-16-31-29-32-28(22-11-9-20(10-12-22)19-7-4-8-19)25(17-33(27)29)21-5-2-1-3-6-21/h1-3,5-6,9-17,19,34H,4,7-8,18H2. The van der Waals surface area contributed by atoms with Crippen molar-refractivity contribution in [3.63, 3.8) is 0 Å². The van der Waals surface area contributed by atoms with Gasteiger partial charge in [-0.1, -0.05) is 61.0 Å². The Hall–Kier alpha value is -3.83. The molecule has 0 amide bonds. The van der Waals surface area contributed by atoms with Gasteiger partial charge in [0.1, 0.15) is 5.82 Å². The Morgan fingerprint density at radius 3 is 2.38 bits per heavy atom. The third-order valence-corrected chi connectivity index (χ3v) is 6.86. The number of halogens is 1. The van der Waals surface area contributed by atoms with Gasteiger partial charge in [-0.05, 0) is 48.1 Å². The van der Waals surface area contributed by atoms with Crippen LogP contribution < -0.4 is 0 Å². The van der Waals surface area contributed by atoms with Gasteiger partial charge in [0.2, 0.25) is 5.78 Å². The second-order valence-corrected chi connectivity index (χ2v) is 8.90. The number of fused-ring (bicyclic) bond motifs is 1. The van der Waals surface area contributed by atoms with Crippen molar-refractivity contribution < 1.29 is 9.50 Å². The predicted molar refractivity (Wildman–Crippen MR) is 132 cm³/mol. The maximum atomic E-state index is 14.0. The van der Waals surface area contributed by atoms with Gasteiger partial charge in [-0.25, -0.2) is 14.4 Å². The Labute approximate surface area is 197 Å². The lowest BCUT2D eigenvalue weighted by atomic mass is 9.80. The molecule has 0 atom stereocenters. The van der Waals surface area contributed by atoms with Crippen molar-refractivity contribution in [2.24, 2.45) is 0 Å². The molecule has 6 rings (SSSR count). The van der Waals surface area contributed by atoms with Gasteiger partial charge in [-0.2, -0.15) is 0 Å². The average molecular weight is 450 g/mol. The lowest BCUT2D eigenvalue weighted by Gasteiger charge is -2.25. The van der Waals surface area contributed by atoms with Crippen molar-refractivity contribution in [2.75, 3.05) is 0 Å². The Kier molecular flexibility index (Phi) is 5.19. The highest BCUT2D eigenvalue weighted by atomic mass is 19.1. The van der Waals surface area contributed by atoms with Crippen molar-refractivity contribution in [3.8, 4) is 33.6 Å². The number of aliphatic hydroxyl groups is 1. The number of nitrogens with zero attached hydrogens (tertiary/aromatic N) is 3. The molecule has 2 aromatic heterocycles. The van der Waals surface area contributed by atoms with Crippen LogP contribution in [0.5, 0.6) is 0 Å². The summed E-state index contributed by atoms with van der Waals surface area (Å²) in [6, 6.07) is 23.7. The van der Waals surface area contributed by atoms with E-state index in [4.69, 9.17) is 4.98 Å². The molecule has 5 aromatic rings. The molecule has 0 unspecified atom stereocenters. The van der Waals surface area contributed by atoms with Gasteiger partial charge < -0.3 is 5.11 Å². The lowest BCUT2D eigenvalue weighted by Crippen LogP contribution is -2.08. The summed E-state index contributed by atoms with van der Waals surface area (Å²) in [5.41, 5.74) is 7.21. The molecule has 0 spiro atoms. The third-order valence-electron chi connectivity index (χ3n) is 6.86. The molecule has 168 valence electrons. The minimum atomic E-state index is -0.421. The van der Waals surface area contributed by atoms with E-state index in [1.54, 1.807) is 18.3 Å². The largest absolute Gasteiger partial charge is 0.392 e. The van der Waals surface area contributed by atoms with Crippen LogP contribution in [-0.4, -0.2) is 19.5 Å². The van der Waals surface area contributed by atoms with Crippen LogP contribution in [0.3, 0.4) is 0 Å². The molecule has 2 heterocycles. The number of imidazole rings is 1. The first-order valence-corrected chi connectivity index (χ1v) is 11.6. The molecule has 4 nitrogen and oxygen atoms in total. The van der Waals surface area contributed by atoms with Crippen LogP contribution in [-0.2, 0) is 6.61 Å². The molecule has 1 aliphatic carbocycles. The number of benzene rings is 3. The third kappa shape index (κ3) is 3.58. The van der Waals surface area contributed by atoms with E-state index in [0.29, 0.717) is 11.7 Å². The van der Waals surface area contributed by atoms with Gasteiger partial charge in [0.05, 0.1) is 24.2 Å². The van der Waals surface area contributed by atoms with Crippen molar-refractivity contribution in [3.05, 3.63) is 102 Å². The summed E-state index contributed by atoms with van der Waals surface area (Å²) in [7, 11) is 0. The summed E-state index contributed by atoms with van der Waals surface area (Å²) in [5, 5.41) is 9.51. The highest BCUT2D eigenvalue weighted by Gasteiger charge is 2.20. The minimum Gasteiger partial charge on any atom is -0.392 e. The molecule has 3 aromatic carbocycles. The summed E-state index contributed by atoms with van der Waals surface area (Å²) in [4.78, 5) is 9.52. The van der Waals surface area contributed by atoms with Crippen molar-refractivity contribution in [2.45, 2.75) is 31.8 Å². The first kappa shape index (κ1) is 20.8. The summed E-state index contributed by atoms with van der Waals surface area (Å²) < 4.78 is 15.9. The molecule has 0 bridgehead atoms. The van der Waals surface area contributed by atoms with E-state index in [1.165, 1.54) is 30.9 Å². The molecule has 0 radical (unpaired) electrons. The first-order chi connectivity index (χ1) is 16.7.